The molecule has 88 valence electrons. The summed E-state index contributed by atoms with van der Waals surface area (Å²) in [6.07, 6.45) is 2.17. The lowest BCUT2D eigenvalue weighted by molar-refractivity contribution is -0.117. The van der Waals surface area contributed by atoms with Crippen molar-refractivity contribution in [2.24, 2.45) is 0 Å². The maximum Gasteiger partial charge on any atom is 0.246 e. The van der Waals surface area contributed by atoms with Gasteiger partial charge >= 0.3 is 0 Å². The highest BCUT2D eigenvalue weighted by Gasteiger charge is 2.01. The van der Waals surface area contributed by atoms with Crippen LogP contribution in [0.2, 0.25) is 0 Å². The molecule has 0 aliphatic rings. The predicted octanol–water partition coefficient (Wildman–Crippen LogP) is 1.80. The van der Waals surface area contributed by atoms with Gasteiger partial charge in [-0.3, -0.25) is 4.79 Å². The van der Waals surface area contributed by atoms with Gasteiger partial charge in [-0.25, -0.2) is 0 Å². The Morgan fingerprint density at radius 1 is 1.27 bits per heavy atom. The molecular weight excluding hydrogens is 188 g/mol. The van der Waals surface area contributed by atoms with Crippen molar-refractivity contribution in [1.29, 1.82) is 0 Å². The molecule has 1 amide bonds. The summed E-state index contributed by atoms with van der Waals surface area (Å²) in [6, 6.07) is 0. The summed E-state index contributed by atoms with van der Waals surface area (Å²) in [6.45, 7) is 13.8. The van der Waals surface area contributed by atoms with E-state index in [0.29, 0.717) is 5.57 Å². The van der Waals surface area contributed by atoms with E-state index in [-0.39, 0.29) is 5.91 Å². The first-order valence-corrected chi connectivity index (χ1v) is 5.77. The molecule has 0 fully saturated rings. The lowest BCUT2D eigenvalue weighted by atomic mass is 10.2. The van der Waals surface area contributed by atoms with Crippen molar-refractivity contribution in [2.45, 2.75) is 33.6 Å². The summed E-state index contributed by atoms with van der Waals surface area (Å²) in [5.41, 5.74) is 0.582. The Balaban J connectivity index is 3.39. The maximum absolute atomic E-state index is 11.1. The van der Waals surface area contributed by atoms with Crippen molar-refractivity contribution >= 4 is 5.91 Å². The van der Waals surface area contributed by atoms with Crippen LogP contribution in [0.4, 0.5) is 0 Å². The van der Waals surface area contributed by atoms with Gasteiger partial charge in [-0.05, 0) is 39.4 Å². The first-order chi connectivity index (χ1) is 7.11. The van der Waals surface area contributed by atoms with Crippen LogP contribution in [0.5, 0.6) is 0 Å². The molecule has 0 saturated carbocycles. The molecule has 0 aromatic carbocycles. The Kier molecular flexibility index (Phi) is 8.01. The molecule has 0 spiro atoms. The van der Waals surface area contributed by atoms with Crippen LogP contribution in [0.25, 0.3) is 0 Å². The molecule has 0 rings (SSSR count). The van der Waals surface area contributed by atoms with Crippen LogP contribution >= 0.6 is 0 Å². The molecule has 0 heterocycles. The van der Waals surface area contributed by atoms with Gasteiger partial charge in [0.25, 0.3) is 0 Å². The Hall–Kier alpha value is -0.830. The number of nitrogens with one attached hydrogen (secondary N) is 1. The molecule has 0 aliphatic heterocycles. The van der Waals surface area contributed by atoms with Gasteiger partial charge in [0.15, 0.2) is 0 Å². The number of hydrogen-bond donors (Lipinski definition) is 1. The molecule has 15 heavy (non-hydrogen) atoms. The quantitative estimate of drug-likeness (QED) is 0.491. The molecule has 0 bridgehead atoms. The van der Waals surface area contributed by atoms with Crippen LogP contribution in [0.1, 0.15) is 33.6 Å². The van der Waals surface area contributed by atoms with Crippen molar-refractivity contribution in [3.05, 3.63) is 12.2 Å². The topological polar surface area (TPSA) is 32.3 Å². The third-order valence-corrected chi connectivity index (χ3v) is 2.47. The minimum atomic E-state index is -0.0298. The zero-order chi connectivity index (χ0) is 11.7. The fourth-order valence-electron chi connectivity index (χ4n) is 1.35. The Bertz CT molecular complexity index is 198. The Morgan fingerprint density at radius 2 is 1.87 bits per heavy atom. The van der Waals surface area contributed by atoms with E-state index in [1.165, 1.54) is 0 Å². The van der Waals surface area contributed by atoms with E-state index in [4.69, 9.17) is 0 Å². The summed E-state index contributed by atoms with van der Waals surface area (Å²) < 4.78 is 0. The van der Waals surface area contributed by atoms with Gasteiger partial charge in [0.05, 0.1) is 0 Å². The lowest BCUT2D eigenvalue weighted by Gasteiger charge is -2.17. The summed E-state index contributed by atoms with van der Waals surface area (Å²) in [7, 11) is 0. The number of rotatable bonds is 8. The molecule has 0 aromatic rings. The van der Waals surface area contributed by atoms with E-state index < -0.39 is 0 Å². The van der Waals surface area contributed by atoms with E-state index in [0.717, 1.165) is 39.0 Å². The SMILES string of the molecule is C=C(C)C(=O)NCCCCN(CC)CC. The highest BCUT2D eigenvalue weighted by Crippen LogP contribution is 1.94. The molecular formula is C12H24N2O. The first-order valence-electron chi connectivity index (χ1n) is 5.77. The van der Waals surface area contributed by atoms with Crippen LogP contribution in [0.15, 0.2) is 12.2 Å². The number of carbonyl (C=O) groups is 1. The number of carbonyl (C=O) groups excluding carboxylic acids is 1. The average molecular weight is 212 g/mol. The smallest absolute Gasteiger partial charge is 0.246 e. The lowest BCUT2D eigenvalue weighted by Crippen LogP contribution is -2.27. The highest BCUT2D eigenvalue weighted by atomic mass is 16.1. The molecule has 0 saturated heterocycles. The van der Waals surface area contributed by atoms with Crippen LogP contribution in [-0.2, 0) is 4.79 Å². The molecule has 0 aliphatic carbocycles. The fourth-order valence-corrected chi connectivity index (χ4v) is 1.35. The summed E-state index contributed by atoms with van der Waals surface area (Å²) in [5, 5.41) is 2.83. The predicted molar refractivity (Wildman–Crippen MR) is 64.8 cm³/mol. The third-order valence-electron chi connectivity index (χ3n) is 2.47. The molecule has 0 unspecified atom stereocenters. The van der Waals surface area contributed by atoms with Crippen molar-refractivity contribution in [1.82, 2.24) is 10.2 Å². The second kappa shape index (κ2) is 8.48. The van der Waals surface area contributed by atoms with E-state index in [9.17, 15) is 4.79 Å². The molecule has 0 radical (unpaired) electrons. The monoisotopic (exact) mass is 212 g/mol. The van der Waals surface area contributed by atoms with Crippen molar-refractivity contribution in [3.8, 4) is 0 Å². The second-order valence-electron chi connectivity index (χ2n) is 3.77. The third kappa shape index (κ3) is 7.14. The maximum atomic E-state index is 11.1. The van der Waals surface area contributed by atoms with Gasteiger partial charge in [-0.2, -0.15) is 0 Å². The zero-order valence-corrected chi connectivity index (χ0v) is 10.3. The standard InChI is InChI=1S/C12H24N2O/c1-5-14(6-2)10-8-7-9-13-12(15)11(3)4/h3,5-10H2,1-2,4H3,(H,13,15). The summed E-state index contributed by atoms with van der Waals surface area (Å²) in [5.74, 6) is -0.0298. The second-order valence-corrected chi connectivity index (χ2v) is 3.77. The Labute approximate surface area is 93.5 Å². The zero-order valence-electron chi connectivity index (χ0n) is 10.3. The van der Waals surface area contributed by atoms with Gasteiger partial charge in [0.1, 0.15) is 0 Å². The molecule has 0 aromatic heterocycles. The summed E-state index contributed by atoms with van der Waals surface area (Å²) in [4.78, 5) is 13.5. The Morgan fingerprint density at radius 3 is 2.33 bits per heavy atom. The van der Waals surface area contributed by atoms with Crippen LogP contribution in [-0.4, -0.2) is 37.0 Å². The van der Waals surface area contributed by atoms with Gasteiger partial charge in [-0.1, -0.05) is 20.4 Å². The minimum absolute atomic E-state index is 0.0298. The van der Waals surface area contributed by atoms with E-state index in [2.05, 4.69) is 30.6 Å². The van der Waals surface area contributed by atoms with Crippen LogP contribution < -0.4 is 5.32 Å². The fraction of sp³-hybridized carbons (Fsp3) is 0.750. The number of amides is 1. The molecule has 3 heteroatoms. The molecule has 3 nitrogen and oxygen atoms in total. The molecule has 1 N–H and O–H groups in total. The first kappa shape index (κ1) is 14.2. The van der Waals surface area contributed by atoms with Crippen LogP contribution in [0.3, 0.4) is 0 Å². The number of unbranched alkanes of at least 4 members (excludes halogenated alkanes) is 1. The normalized spacial score (nSPS) is 10.4. The van der Waals surface area contributed by atoms with E-state index in [1.807, 2.05) is 0 Å². The van der Waals surface area contributed by atoms with Gasteiger partial charge in [0, 0.05) is 12.1 Å². The summed E-state index contributed by atoms with van der Waals surface area (Å²) >= 11 is 0. The van der Waals surface area contributed by atoms with Crippen molar-refractivity contribution in [3.63, 3.8) is 0 Å². The van der Waals surface area contributed by atoms with Crippen molar-refractivity contribution < 1.29 is 4.79 Å². The van der Waals surface area contributed by atoms with E-state index >= 15 is 0 Å². The molecule has 0 atom stereocenters. The van der Waals surface area contributed by atoms with Crippen LogP contribution in [0, 0.1) is 0 Å². The average Bonchev–Trinajstić information content (AvgIpc) is 2.23. The van der Waals surface area contributed by atoms with Crippen molar-refractivity contribution in [2.75, 3.05) is 26.2 Å². The van der Waals surface area contributed by atoms with E-state index in [1.54, 1.807) is 6.92 Å². The number of hydrogen-bond acceptors (Lipinski definition) is 2. The largest absolute Gasteiger partial charge is 0.352 e. The minimum Gasteiger partial charge on any atom is -0.352 e. The highest BCUT2D eigenvalue weighted by molar-refractivity contribution is 5.91. The van der Waals surface area contributed by atoms with Gasteiger partial charge in [0.2, 0.25) is 5.91 Å². The number of nitrogens with zero attached hydrogens (tertiary/aromatic N) is 1. The van der Waals surface area contributed by atoms with Gasteiger partial charge in [-0.15, -0.1) is 0 Å². The van der Waals surface area contributed by atoms with Gasteiger partial charge < -0.3 is 10.2 Å².